The predicted molar refractivity (Wildman–Crippen MR) is 129 cm³/mol. The summed E-state index contributed by atoms with van der Waals surface area (Å²) in [5.41, 5.74) is 2.38. The van der Waals surface area contributed by atoms with Crippen LogP contribution in [0.4, 0.5) is 0 Å². The lowest BCUT2D eigenvalue weighted by Gasteiger charge is -2.19. The van der Waals surface area contributed by atoms with Gasteiger partial charge in [-0.1, -0.05) is 11.6 Å². The number of nitrogens with zero attached hydrogens (tertiary/aromatic N) is 4. The van der Waals surface area contributed by atoms with Gasteiger partial charge in [0.15, 0.2) is 5.65 Å². The second-order valence-corrected chi connectivity index (χ2v) is 7.73. The van der Waals surface area contributed by atoms with E-state index >= 15 is 0 Å². The van der Waals surface area contributed by atoms with Gasteiger partial charge in [0.1, 0.15) is 17.9 Å². The van der Waals surface area contributed by atoms with Crippen molar-refractivity contribution in [2.45, 2.75) is 31.8 Å². The largest absolute Gasteiger partial charge is 0.412 e. The van der Waals surface area contributed by atoms with Gasteiger partial charge in [0.25, 0.3) is 0 Å². The third kappa shape index (κ3) is 6.30. The molecule has 1 amide bonds. The number of fused-ring (bicyclic) bond motifs is 1. The molecule has 0 spiro atoms. The number of halogens is 3. The minimum absolute atomic E-state index is 0. The number of nitrogens with one attached hydrogen (secondary N) is 1. The number of aromatic nitrogens is 3. The molecular formula is C21H28Cl3N5O2. The Morgan fingerprint density at radius 3 is 2.65 bits per heavy atom. The van der Waals surface area contributed by atoms with Gasteiger partial charge >= 0.3 is 0 Å². The molecule has 1 atom stereocenters. The fourth-order valence-electron chi connectivity index (χ4n) is 3.85. The normalized spacial score (nSPS) is 15.6. The second kappa shape index (κ2) is 12.2. The van der Waals surface area contributed by atoms with Crippen molar-refractivity contribution in [1.29, 1.82) is 0 Å². The van der Waals surface area contributed by atoms with E-state index in [0.29, 0.717) is 23.3 Å². The monoisotopic (exact) mass is 487 g/mol. The minimum atomic E-state index is -0.0270. The number of pyridine rings is 1. The maximum absolute atomic E-state index is 12.6. The van der Waals surface area contributed by atoms with Crippen molar-refractivity contribution in [3.8, 4) is 11.4 Å². The summed E-state index contributed by atoms with van der Waals surface area (Å²) in [6.45, 7) is 2.02. The van der Waals surface area contributed by atoms with E-state index in [1.165, 1.54) is 12.8 Å². The van der Waals surface area contributed by atoms with E-state index in [1.54, 1.807) is 6.20 Å². The van der Waals surface area contributed by atoms with Crippen molar-refractivity contribution >= 4 is 53.5 Å². The number of carbonyl (C=O) groups excluding carboxylic acids is 1. The summed E-state index contributed by atoms with van der Waals surface area (Å²) in [6, 6.07) is 11.8. The van der Waals surface area contributed by atoms with E-state index in [-0.39, 0.29) is 42.7 Å². The van der Waals surface area contributed by atoms with Crippen molar-refractivity contribution < 1.29 is 10.3 Å². The fourth-order valence-corrected chi connectivity index (χ4v) is 3.98. The summed E-state index contributed by atoms with van der Waals surface area (Å²) in [5, 5.41) is 3.72. The molecule has 10 heteroatoms. The highest BCUT2D eigenvalue weighted by Crippen LogP contribution is 2.25. The fraction of sp³-hybridized carbons (Fsp3) is 0.381. The van der Waals surface area contributed by atoms with E-state index < -0.39 is 0 Å². The summed E-state index contributed by atoms with van der Waals surface area (Å²) in [4.78, 5) is 24.1. The van der Waals surface area contributed by atoms with Crippen LogP contribution in [0.1, 0.15) is 19.3 Å². The number of likely N-dealkylation sites (tertiary alicyclic amines) is 1. The van der Waals surface area contributed by atoms with E-state index in [9.17, 15) is 4.79 Å². The van der Waals surface area contributed by atoms with Gasteiger partial charge in [-0.05, 0) is 69.3 Å². The lowest BCUT2D eigenvalue weighted by molar-refractivity contribution is -0.121. The average molecular weight is 489 g/mol. The number of imidazole rings is 1. The molecule has 0 bridgehead atoms. The molecule has 1 fully saturated rings. The van der Waals surface area contributed by atoms with E-state index in [0.717, 1.165) is 29.9 Å². The van der Waals surface area contributed by atoms with E-state index in [1.807, 2.05) is 41.0 Å². The average Bonchev–Trinajstić information content (AvgIpc) is 3.26. The molecule has 0 radical (unpaired) electrons. The van der Waals surface area contributed by atoms with Gasteiger partial charge in [0, 0.05) is 29.4 Å². The van der Waals surface area contributed by atoms with Crippen molar-refractivity contribution in [3.63, 3.8) is 0 Å². The molecule has 1 aliphatic heterocycles. The zero-order valence-electron chi connectivity index (χ0n) is 17.3. The predicted octanol–water partition coefficient (Wildman–Crippen LogP) is 3.37. The molecule has 3 N–H and O–H groups in total. The molecule has 170 valence electrons. The Labute approximate surface area is 199 Å². The number of benzene rings is 1. The second-order valence-electron chi connectivity index (χ2n) is 7.29. The molecule has 4 rings (SSSR count). The Bertz CT molecular complexity index is 981. The van der Waals surface area contributed by atoms with Gasteiger partial charge in [-0.25, -0.2) is 9.97 Å². The molecular weight excluding hydrogens is 461 g/mol. The molecule has 3 heterocycles. The van der Waals surface area contributed by atoms with Crippen LogP contribution in [0.25, 0.3) is 22.6 Å². The summed E-state index contributed by atoms with van der Waals surface area (Å²) in [6.07, 6.45) is 5.16. The SMILES string of the molecule is CN1CCCC1CCNC(=O)Cn1c(-c2ccc(Cl)cc2)nc2cccnc21.Cl.Cl.O. The third-order valence-corrected chi connectivity index (χ3v) is 5.63. The smallest absolute Gasteiger partial charge is 0.240 e. The van der Waals surface area contributed by atoms with Gasteiger partial charge < -0.3 is 15.7 Å². The number of amides is 1. The third-order valence-electron chi connectivity index (χ3n) is 5.38. The Hall–Kier alpha value is -1.90. The van der Waals surface area contributed by atoms with Crippen LogP contribution in [0.5, 0.6) is 0 Å². The number of hydrogen-bond donors (Lipinski definition) is 1. The molecule has 1 saturated heterocycles. The van der Waals surface area contributed by atoms with Crippen LogP contribution in [0, 0.1) is 0 Å². The van der Waals surface area contributed by atoms with Gasteiger partial charge in [0.05, 0.1) is 0 Å². The van der Waals surface area contributed by atoms with Crippen LogP contribution in [0.3, 0.4) is 0 Å². The number of hydrogen-bond acceptors (Lipinski definition) is 4. The molecule has 1 unspecified atom stereocenters. The van der Waals surface area contributed by atoms with Crippen LogP contribution in [0.2, 0.25) is 5.02 Å². The first-order chi connectivity index (χ1) is 13.6. The lowest BCUT2D eigenvalue weighted by Crippen LogP contribution is -2.33. The summed E-state index contributed by atoms with van der Waals surface area (Å²) < 4.78 is 1.87. The first-order valence-electron chi connectivity index (χ1n) is 9.66. The Morgan fingerprint density at radius 1 is 1.23 bits per heavy atom. The lowest BCUT2D eigenvalue weighted by atomic mass is 10.1. The van der Waals surface area contributed by atoms with Crippen LogP contribution >= 0.6 is 36.4 Å². The maximum Gasteiger partial charge on any atom is 0.240 e. The van der Waals surface area contributed by atoms with Crippen molar-refractivity contribution in [2.24, 2.45) is 0 Å². The Kier molecular flexibility index (Phi) is 10.7. The van der Waals surface area contributed by atoms with Crippen molar-refractivity contribution in [2.75, 3.05) is 20.1 Å². The molecule has 1 aromatic carbocycles. The minimum Gasteiger partial charge on any atom is -0.412 e. The zero-order valence-corrected chi connectivity index (χ0v) is 19.6. The quantitative estimate of drug-likeness (QED) is 0.575. The highest BCUT2D eigenvalue weighted by atomic mass is 35.5. The van der Waals surface area contributed by atoms with Gasteiger partial charge in [-0.15, -0.1) is 24.8 Å². The molecule has 31 heavy (non-hydrogen) atoms. The standard InChI is InChI=1S/C21H24ClN5O.2ClH.H2O/c1-26-13-3-4-17(26)10-12-23-19(28)14-27-20(15-6-8-16(22)9-7-15)25-18-5-2-11-24-21(18)27;;;/h2,5-9,11,17H,3-4,10,12-14H2,1H3,(H,23,28);2*1H;1H2. The molecule has 0 saturated carbocycles. The molecule has 7 nitrogen and oxygen atoms in total. The summed E-state index contributed by atoms with van der Waals surface area (Å²) in [7, 11) is 2.15. The molecule has 3 aromatic rings. The van der Waals surface area contributed by atoms with Crippen LogP contribution in [-0.4, -0.2) is 57.0 Å². The Balaban J connectivity index is 0.00000160. The highest BCUT2D eigenvalue weighted by molar-refractivity contribution is 6.30. The number of rotatable bonds is 6. The topological polar surface area (TPSA) is 94.6 Å². The van der Waals surface area contributed by atoms with Gasteiger partial charge in [-0.2, -0.15) is 0 Å². The van der Waals surface area contributed by atoms with Crippen LogP contribution in [-0.2, 0) is 11.3 Å². The van der Waals surface area contributed by atoms with Crippen molar-refractivity contribution in [1.82, 2.24) is 24.8 Å². The van der Waals surface area contributed by atoms with Crippen LogP contribution in [0.15, 0.2) is 42.6 Å². The highest BCUT2D eigenvalue weighted by Gasteiger charge is 2.21. The Morgan fingerprint density at radius 2 is 1.97 bits per heavy atom. The first-order valence-corrected chi connectivity index (χ1v) is 10.0. The van der Waals surface area contributed by atoms with Crippen molar-refractivity contribution in [3.05, 3.63) is 47.6 Å². The maximum atomic E-state index is 12.6. The first kappa shape index (κ1) is 27.1. The zero-order chi connectivity index (χ0) is 19.5. The number of carbonyl (C=O) groups is 1. The van der Waals surface area contributed by atoms with E-state index in [4.69, 9.17) is 11.6 Å². The molecule has 0 aliphatic carbocycles. The molecule has 2 aromatic heterocycles. The van der Waals surface area contributed by atoms with E-state index in [2.05, 4.69) is 27.2 Å². The van der Waals surface area contributed by atoms with Gasteiger partial charge in [-0.3, -0.25) is 9.36 Å². The summed E-state index contributed by atoms with van der Waals surface area (Å²) in [5.74, 6) is 0.692. The van der Waals surface area contributed by atoms with Gasteiger partial charge in [0.2, 0.25) is 5.91 Å². The molecule has 1 aliphatic rings. The summed E-state index contributed by atoms with van der Waals surface area (Å²) >= 11 is 6.02. The van der Waals surface area contributed by atoms with Crippen LogP contribution < -0.4 is 5.32 Å².